The third-order valence-electron chi connectivity index (χ3n) is 3.85. The number of hydrogen-bond donors (Lipinski definition) is 1. The first-order valence-corrected chi connectivity index (χ1v) is 7.87. The van der Waals surface area contributed by atoms with Crippen molar-refractivity contribution in [3.05, 3.63) is 48.0 Å². The highest BCUT2D eigenvalue weighted by Gasteiger charge is 2.15. The van der Waals surface area contributed by atoms with Crippen LogP contribution in [0.1, 0.15) is 36.2 Å². The van der Waals surface area contributed by atoms with Crippen molar-refractivity contribution < 1.29 is 9.18 Å². The number of anilines is 2. The number of rotatable bonds is 3. The second-order valence-electron chi connectivity index (χ2n) is 5.61. The van der Waals surface area contributed by atoms with Gasteiger partial charge in [-0.1, -0.05) is 18.9 Å². The van der Waals surface area contributed by atoms with Crippen LogP contribution >= 0.6 is 0 Å². The Balaban J connectivity index is 1.74. The molecule has 0 aliphatic carbocycles. The summed E-state index contributed by atoms with van der Waals surface area (Å²) in [6.07, 6.45) is 6.26. The van der Waals surface area contributed by atoms with Gasteiger partial charge in [0, 0.05) is 25.0 Å². The largest absolute Gasteiger partial charge is 0.341 e. The Morgan fingerprint density at radius 1 is 1.13 bits per heavy atom. The summed E-state index contributed by atoms with van der Waals surface area (Å²) in [5, 5.41) is 2.65. The molecule has 0 atom stereocenters. The van der Waals surface area contributed by atoms with Crippen molar-refractivity contribution in [2.75, 3.05) is 23.3 Å². The van der Waals surface area contributed by atoms with Crippen molar-refractivity contribution in [3.8, 4) is 0 Å². The Bertz CT molecular complexity index is 684. The molecule has 23 heavy (non-hydrogen) atoms. The van der Waals surface area contributed by atoms with E-state index in [0.29, 0.717) is 11.6 Å². The molecule has 6 heteroatoms. The molecule has 120 valence electrons. The number of amides is 1. The van der Waals surface area contributed by atoms with Crippen molar-refractivity contribution in [2.24, 2.45) is 0 Å². The zero-order valence-electron chi connectivity index (χ0n) is 12.8. The molecule has 1 aromatic heterocycles. The van der Waals surface area contributed by atoms with Crippen LogP contribution in [0.25, 0.3) is 0 Å². The van der Waals surface area contributed by atoms with Crippen LogP contribution in [0.4, 0.5) is 16.0 Å². The van der Waals surface area contributed by atoms with Gasteiger partial charge in [-0.25, -0.2) is 14.4 Å². The van der Waals surface area contributed by atoms with Gasteiger partial charge in [0.05, 0.1) is 0 Å². The van der Waals surface area contributed by atoms with E-state index in [1.54, 1.807) is 24.4 Å². The highest BCUT2D eigenvalue weighted by Crippen LogP contribution is 2.16. The average molecular weight is 314 g/mol. The Kier molecular flexibility index (Phi) is 4.80. The van der Waals surface area contributed by atoms with Crippen molar-refractivity contribution in [1.82, 2.24) is 9.97 Å². The monoisotopic (exact) mass is 314 g/mol. The first-order chi connectivity index (χ1) is 11.2. The van der Waals surface area contributed by atoms with Gasteiger partial charge in [0.2, 0.25) is 5.95 Å². The van der Waals surface area contributed by atoms with Crippen LogP contribution in [-0.2, 0) is 0 Å². The zero-order valence-corrected chi connectivity index (χ0v) is 12.8. The maximum Gasteiger partial charge on any atom is 0.274 e. The molecule has 0 bridgehead atoms. The van der Waals surface area contributed by atoms with E-state index in [0.717, 1.165) is 25.9 Å². The molecule has 1 aromatic carbocycles. The average Bonchev–Trinajstić information content (AvgIpc) is 2.84. The lowest BCUT2D eigenvalue weighted by molar-refractivity contribution is 0.102. The standard InChI is InChI=1S/C17H19FN4O/c18-13-6-5-7-14(12-13)20-16(23)15-8-9-19-17(21-15)22-10-3-1-2-4-11-22/h5-9,12H,1-4,10-11H2,(H,20,23). The Morgan fingerprint density at radius 3 is 2.65 bits per heavy atom. The number of carbonyl (C=O) groups is 1. The number of hydrogen-bond acceptors (Lipinski definition) is 4. The molecular weight excluding hydrogens is 295 g/mol. The van der Waals surface area contributed by atoms with Crippen molar-refractivity contribution in [3.63, 3.8) is 0 Å². The molecule has 0 unspecified atom stereocenters. The van der Waals surface area contributed by atoms with Gasteiger partial charge in [-0.3, -0.25) is 4.79 Å². The van der Waals surface area contributed by atoms with Gasteiger partial charge >= 0.3 is 0 Å². The highest BCUT2D eigenvalue weighted by atomic mass is 19.1. The first kappa shape index (κ1) is 15.4. The summed E-state index contributed by atoms with van der Waals surface area (Å²) >= 11 is 0. The van der Waals surface area contributed by atoms with E-state index >= 15 is 0 Å². The minimum absolute atomic E-state index is 0.281. The van der Waals surface area contributed by atoms with Gasteiger partial charge in [0.1, 0.15) is 11.5 Å². The lowest BCUT2D eigenvalue weighted by Crippen LogP contribution is -2.27. The van der Waals surface area contributed by atoms with Gasteiger partial charge in [-0.05, 0) is 37.1 Å². The van der Waals surface area contributed by atoms with Gasteiger partial charge in [-0.2, -0.15) is 0 Å². The first-order valence-electron chi connectivity index (χ1n) is 7.87. The van der Waals surface area contributed by atoms with Crippen LogP contribution in [0.3, 0.4) is 0 Å². The van der Waals surface area contributed by atoms with Crippen molar-refractivity contribution in [2.45, 2.75) is 25.7 Å². The van der Waals surface area contributed by atoms with E-state index in [1.807, 2.05) is 0 Å². The van der Waals surface area contributed by atoms with Gasteiger partial charge < -0.3 is 10.2 Å². The minimum Gasteiger partial charge on any atom is -0.341 e. The van der Waals surface area contributed by atoms with Gasteiger partial charge in [0.25, 0.3) is 5.91 Å². The Labute approximate surface area is 134 Å². The molecule has 5 nitrogen and oxygen atoms in total. The van der Waals surface area contributed by atoms with Crippen LogP contribution in [-0.4, -0.2) is 29.0 Å². The summed E-state index contributed by atoms with van der Waals surface area (Å²) in [6.45, 7) is 1.82. The maximum atomic E-state index is 13.2. The molecule has 0 spiro atoms. The lowest BCUT2D eigenvalue weighted by atomic mass is 10.2. The van der Waals surface area contributed by atoms with Gasteiger partial charge in [-0.15, -0.1) is 0 Å². The summed E-state index contributed by atoms with van der Waals surface area (Å²) in [7, 11) is 0. The molecule has 0 radical (unpaired) electrons. The van der Waals surface area contributed by atoms with Crippen LogP contribution in [0.5, 0.6) is 0 Å². The smallest absolute Gasteiger partial charge is 0.274 e. The third-order valence-corrected chi connectivity index (χ3v) is 3.85. The van der Waals surface area contributed by atoms with Crippen LogP contribution in [0.2, 0.25) is 0 Å². The number of nitrogens with zero attached hydrogens (tertiary/aromatic N) is 3. The SMILES string of the molecule is O=C(Nc1cccc(F)c1)c1ccnc(N2CCCCCC2)n1. The normalized spacial score (nSPS) is 15.1. The van der Waals surface area contributed by atoms with Crippen LogP contribution < -0.4 is 10.2 Å². The van der Waals surface area contributed by atoms with E-state index in [2.05, 4.69) is 20.2 Å². The summed E-state index contributed by atoms with van der Waals surface area (Å²) in [5.74, 6) is -0.177. The van der Waals surface area contributed by atoms with E-state index < -0.39 is 5.82 Å². The predicted octanol–water partition coefficient (Wildman–Crippen LogP) is 3.25. The van der Waals surface area contributed by atoms with Crippen LogP contribution in [0, 0.1) is 5.82 Å². The zero-order chi connectivity index (χ0) is 16.1. The molecule has 1 aliphatic rings. The number of carbonyl (C=O) groups excluding carboxylic acids is 1. The van der Waals surface area contributed by atoms with E-state index in [-0.39, 0.29) is 11.6 Å². The Morgan fingerprint density at radius 2 is 1.91 bits per heavy atom. The second kappa shape index (κ2) is 7.17. The third kappa shape index (κ3) is 4.03. The Hall–Kier alpha value is -2.50. The number of benzene rings is 1. The molecule has 1 saturated heterocycles. The second-order valence-corrected chi connectivity index (χ2v) is 5.61. The molecule has 0 saturated carbocycles. The molecule has 1 N–H and O–H groups in total. The molecule has 1 amide bonds. The van der Waals surface area contributed by atoms with Crippen LogP contribution in [0.15, 0.2) is 36.5 Å². The van der Waals surface area contributed by atoms with Crippen molar-refractivity contribution in [1.29, 1.82) is 0 Å². The highest BCUT2D eigenvalue weighted by molar-refractivity contribution is 6.02. The predicted molar refractivity (Wildman–Crippen MR) is 87.1 cm³/mol. The summed E-state index contributed by atoms with van der Waals surface area (Å²) in [4.78, 5) is 23.1. The summed E-state index contributed by atoms with van der Waals surface area (Å²) in [5.41, 5.74) is 0.688. The fourth-order valence-corrected chi connectivity index (χ4v) is 2.66. The summed E-state index contributed by atoms with van der Waals surface area (Å²) in [6, 6.07) is 7.36. The topological polar surface area (TPSA) is 58.1 Å². The lowest BCUT2D eigenvalue weighted by Gasteiger charge is -2.20. The molecule has 1 fully saturated rings. The quantitative estimate of drug-likeness (QED) is 0.945. The number of halogens is 1. The number of aromatic nitrogens is 2. The number of nitrogens with one attached hydrogen (secondary N) is 1. The van der Waals surface area contributed by atoms with Crippen molar-refractivity contribution >= 4 is 17.5 Å². The van der Waals surface area contributed by atoms with Gasteiger partial charge in [0.15, 0.2) is 0 Å². The fraction of sp³-hybridized carbons (Fsp3) is 0.353. The fourth-order valence-electron chi connectivity index (χ4n) is 2.66. The molecule has 3 rings (SSSR count). The maximum absolute atomic E-state index is 13.2. The van der Waals surface area contributed by atoms with E-state index in [4.69, 9.17) is 0 Å². The molecule has 1 aliphatic heterocycles. The van der Waals surface area contributed by atoms with E-state index in [9.17, 15) is 9.18 Å². The molecule has 2 aromatic rings. The van der Waals surface area contributed by atoms with E-state index in [1.165, 1.54) is 25.0 Å². The molecular formula is C17H19FN4O. The summed E-state index contributed by atoms with van der Waals surface area (Å²) < 4.78 is 13.2. The minimum atomic E-state index is -0.393. The molecule has 2 heterocycles.